The van der Waals surface area contributed by atoms with Gasteiger partial charge in [0.15, 0.2) is 0 Å². The van der Waals surface area contributed by atoms with Crippen LogP contribution in [0.15, 0.2) is 29.2 Å². The molecular weight excluding hydrogens is 369 g/mol. The van der Waals surface area contributed by atoms with Gasteiger partial charge in [0.05, 0.1) is 4.90 Å². The maximum atomic E-state index is 12.0. The van der Waals surface area contributed by atoms with E-state index in [0.717, 1.165) is 3.57 Å². The minimum Gasteiger partial charge on any atom is -0.480 e. The van der Waals surface area contributed by atoms with Crippen LogP contribution >= 0.6 is 22.6 Å². The monoisotopic (exact) mass is 383 g/mol. The van der Waals surface area contributed by atoms with Gasteiger partial charge in [-0.3, -0.25) is 4.79 Å². The van der Waals surface area contributed by atoms with Crippen LogP contribution in [0.2, 0.25) is 0 Å². The van der Waals surface area contributed by atoms with Gasteiger partial charge in [-0.2, -0.15) is 4.72 Å². The first-order valence-corrected chi connectivity index (χ1v) is 7.81. The van der Waals surface area contributed by atoms with E-state index in [1.807, 2.05) is 22.6 Å². The number of halogens is 1. The van der Waals surface area contributed by atoms with Crippen LogP contribution < -0.4 is 4.72 Å². The molecule has 100 valence electrons. The summed E-state index contributed by atoms with van der Waals surface area (Å²) in [6.07, 6.45) is 0. The van der Waals surface area contributed by atoms with E-state index in [4.69, 9.17) is 5.11 Å². The predicted molar refractivity (Wildman–Crippen MR) is 75.7 cm³/mol. The van der Waals surface area contributed by atoms with Crippen molar-refractivity contribution in [3.63, 3.8) is 0 Å². The molecule has 0 saturated carbocycles. The van der Waals surface area contributed by atoms with Crippen LogP contribution in [0.4, 0.5) is 0 Å². The number of sulfonamides is 1. The number of nitrogens with one attached hydrogen (secondary N) is 1. The van der Waals surface area contributed by atoms with E-state index in [0.29, 0.717) is 0 Å². The number of aliphatic carboxylic acids is 1. The maximum Gasteiger partial charge on any atom is 0.322 e. The molecule has 1 rings (SSSR count). The Bertz CT molecular complexity index is 542. The summed E-state index contributed by atoms with van der Waals surface area (Å²) in [5, 5.41) is 8.98. The molecule has 0 aliphatic carbocycles. The highest BCUT2D eigenvalue weighted by molar-refractivity contribution is 14.1. The van der Waals surface area contributed by atoms with Gasteiger partial charge in [-0.25, -0.2) is 8.42 Å². The van der Waals surface area contributed by atoms with E-state index in [1.165, 1.54) is 12.1 Å². The van der Waals surface area contributed by atoms with Crippen molar-refractivity contribution in [1.29, 1.82) is 0 Å². The first-order chi connectivity index (χ1) is 8.24. The summed E-state index contributed by atoms with van der Waals surface area (Å²) in [6, 6.07) is 5.16. The lowest BCUT2D eigenvalue weighted by atomic mass is 10.1. The zero-order valence-electron chi connectivity index (χ0n) is 9.92. The molecular formula is C11H14INO4S. The summed E-state index contributed by atoms with van der Waals surface area (Å²) in [7, 11) is -3.81. The average Bonchev–Trinajstić information content (AvgIpc) is 2.25. The Labute approximate surface area is 120 Å². The van der Waals surface area contributed by atoms with Crippen LogP contribution in [0.1, 0.15) is 13.8 Å². The van der Waals surface area contributed by atoms with Crippen molar-refractivity contribution in [2.75, 3.05) is 0 Å². The summed E-state index contributed by atoms with van der Waals surface area (Å²) in [5.74, 6) is -1.51. The molecule has 5 nitrogen and oxygen atoms in total. The van der Waals surface area contributed by atoms with Crippen LogP contribution in [-0.4, -0.2) is 25.5 Å². The third-order valence-electron chi connectivity index (χ3n) is 2.32. The molecule has 0 saturated heterocycles. The van der Waals surface area contributed by atoms with Gasteiger partial charge < -0.3 is 5.11 Å². The minimum absolute atomic E-state index is 0.0706. The van der Waals surface area contributed by atoms with Crippen LogP contribution in [-0.2, 0) is 14.8 Å². The molecule has 1 aromatic rings. The van der Waals surface area contributed by atoms with Gasteiger partial charge in [0.2, 0.25) is 10.0 Å². The Morgan fingerprint density at radius 2 is 2.00 bits per heavy atom. The summed E-state index contributed by atoms with van der Waals surface area (Å²) in [5.41, 5.74) is 0. The van der Waals surface area contributed by atoms with Crippen LogP contribution in [0.25, 0.3) is 0 Å². The number of carbonyl (C=O) groups is 1. The fourth-order valence-electron chi connectivity index (χ4n) is 1.34. The maximum absolute atomic E-state index is 12.0. The second kappa shape index (κ2) is 5.98. The van der Waals surface area contributed by atoms with Crippen molar-refractivity contribution in [2.45, 2.75) is 24.8 Å². The molecule has 0 spiro atoms. The third kappa shape index (κ3) is 3.92. The highest BCUT2D eigenvalue weighted by Gasteiger charge is 2.27. The molecule has 2 N–H and O–H groups in total. The highest BCUT2D eigenvalue weighted by atomic mass is 127. The second-order valence-corrected chi connectivity index (χ2v) is 7.10. The predicted octanol–water partition coefficient (Wildman–Crippen LogP) is 1.68. The van der Waals surface area contributed by atoms with Gasteiger partial charge >= 0.3 is 5.97 Å². The standard InChI is InChI=1S/C11H14INO4S/c1-7(2)10(11(14)15)13-18(16,17)9-5-3-4-8(12)6-9/h3-7,10,13H,1-2H3,(H,14,15)/t10-/m0/s1. The van der Waals surface area contributed by atoms with Crippen molar-refractivity contribution in [2.24, 2.45) is 5.92 Å². The lowest BCUT2D eigenvalue weighted by Crippen LogP contribution is -2.44. The fraction of sp³-hybridized carbons (Fsp3) is 0.364. The van der Waals surface area contributed by atoms with Crippen molar-refractivity contribution in [3.05, 3.63) is 27.8 Å². The molecule has 0 bridgehead atoms. The van der Waals surface area contributed by atoms with Gasteiger partial charge in [0.25, 0.3) is 0 Å². The molecule has 0 amide bonds. The van der Waals surface area contributed by atoms with E-state index in [1.54, 1.807) is 26.0 Å². The van der Waals surface area contributed by atoms with E-state index in [2.05, 4.69) is 4.72 Å². The SMILES string of the molecule is CC(C)[C@H](NS(=O)(=O)c1cccc(I)c1)C(=O)O. The van der Waals surface area contributed by atoms with E-state index in [-0.39, 0.29) is 10.8 Å². The largest absolute Gasteiger partial charge is 0.480 e. The van der Waals surface area contributed by atoms with Gasteiger partial charge in [-0.05, 0) is 46.7 Å². The number of hydrogen-bond acceptors (Lipinski definition) is 3. The topological polar surface area (TPSA) is 83.5 Å². The van der Waals surface area contributed by atoms with E-state index in [9.17, 15) is 13.2 Å². The normalized spacial score (nSPS) is 13.6. The van der Waals surface area contributed by atoms with Gasteiger partial charge in [-0.15, -0.1) is 0 Å². The molecule has 0 radical (unpaired) electrons. The molecule has 0 aliphatic rings. The molecule has 0 unspecified atom stereocenters. The first kappa shape index (κ1) is 15.4. The molecule has 1 atom stereocenters. The Balaban J connectivity index is 3.05. The van der Waals surface area contributed by atoms with Gasteiger partial charge in [-0.1, -0.05) is 19.9 Å². The lowest BCUT2D eigenvalue weighted by Gasteiger charge is -2.18. The van der Waals surface area contributed by atoms with Crippen LogP contribution in [0.5, 0.6) is 0 Å². The fourth-order valence-corrected chi connectivity index (χ4v) is 3.48. The lowest BCUT2D eigenvalue weighted by molar-refractivity contribution is -0.140. The van der Waals surface area contributed by atoms with Gasteiger partial charge in [0.1, 0.15) is 6.04 Å². The Morgan fingerprint density at radius 1 is 1.39 bits per heavy atom. The smallest absolute Gasteiger partial charge is 0.322 e. The molecule has 7 heteroatoms. The summed E-state index contributed by atoms with van der Waals surface area (Å²) < 4.78 is 27.0. The molecule has 0 heterocycles. The summed E-state index contributed by atoms with van der Waals surface area (Å²) in [6.45, 7) is 3.30. The Morgan fingerprint density at radius 3 is 2.44 bits per heavy atom. The van der Waals surface area contributed by atoms with E-state index >= 15 is 0 Å². The zero-order valence-corrected chi connectivity index (χ0v) is 12.9. The van der Waals surface area contributed by atoms with Crippen LogP contribution in [0, 0.1) is 9.49 Å². The summed E-state index contributed by atoms with van der Waals surface area (Å²) >= 11 is 2.00. The average molecular weight is 383 g/mol. The summed E-state index contributed by atoms with van der Waals surface area (Å²) in [4.78, 5) is 11.1. The second-order valence-electron chi connectivity index (χ2n) is 4.14. The molecule has 18 heavy (non-hydrogen) atoms. The molecule has 0 aliphatic heterocycles. The molecule has 0 aromatic heterocycles. The van der Waals surface area contributed by atoms with Crippen molar-refractivity contribution in [3.8, 4) is 0 Å². The Kier molecular flexibility index (Phi) is 5.11. The van der Waals surface area contributed by atoms with Crippen molar-refractivity contribution in [1.82, 2.24) is 4.72 Å². The molecule has 0 fully saturated rings. The number of carboxylic acid groups (broad SMARTS) is 1. The van der Waals surface area contributed by atoms with Crippen molar-refractivity contribution >= 4 is 38.6 Å². The molecule has 1 aromatic carbocycles. The first-order valence-electron chi connectivity index (χ1n) is 5.25. The van der Waals surface area contributed by atoms with Crippen molar-refractivity contribution < 1.29 is 18.3 Å². The Hall–Kier alpha value is -0.670. The minimum atomic E-state index is -3.81. The van der Waals surface area contributed by atoms with Crippen LogP contribution in [0.3, 0.4) is 0 Å². The van der Waals surface area contributed by atoms with E-state index < -0.39 is 22.0 Å². The van der Waals surface area contributed by atoms with Gasteiger partial charge in [0, 0.05) is 3.57 Å². The number of rotatable bonds is 5. The number of benzene rings is 1. The number of carboxylic acids is 1. The highest BCUT2D eigenvalue weighted by Crippen LogP contribution is 2.15. The number of hydrogen-bond donors (Lipinski definition) is 2. The zero-order chi connectivity index (χ0) is 13.9. The third-order valence-corrected chi connectivity index (χ3v) is 4.43. The quantitative estimate of drug-likeness (QED) is 0.758.